The smallest absolute Gasteiger partial charge is 0.225 e. The van der Waals surface area contributed by atoms with Gasteiger partial charge < -0.3 is 20.9 Å². The molecule has 2 amide bonds. The molecule has 1 saturated carbocycles. The first kappa shape index (κ1) is 28.2. The largest absolute Gasteiger partial charge is 0.370 e. The number of anilines is 2. The van der Waals surface area contributed by atoms with Gasteiger partial charge in [0.2, 0.25) is 11.8 Å². The number of rotatable bonds is 10. The van der Waals surface area contributed by atoms with E-state index >= 15 is 0 Å². The van der Waals surface area contributed by atoms with Crippen LogP contribution < -0.4 is 16.0 Å². The van der Waals surface area contributed by atoms with Crippen LogP contribution in [-0.4, -0.2) is 42.9 Å². The quantitative estimate of drug-likeness (QED) is 0.401. The monoisotopic (exact) mass is 518 g/mol. The number of nitrogens with zero attached hydrogens (tertiary/aromatic N) is 2. The van der Waals surface area contributed by atoms with Gasteiger partial charge in [-0.3, -0.25) is 9.59 Å². The number of benzene rings is 2. The van der Waals surface area contributed by atoms with Gasteiger partial charge in [0.25, 0.3) is 0 Å². The van der Waals surface area contributed by atoms with Crippen molar-refractivity contribution in [2.75, 3.05) is 36.4 Å². The lowest BCUT2D eigenvalue weighted by Gasteiger charge is -2.33. The lowest BCUT2D eigenvalue weighted by Crippen LogP contribution is -2.33. The van der Waals surface area contributed by atoms with Crippen molar-refractivity contribution in [2.45, 2.75) is 72.8 Å². The fourth-order valence-corrected chi connectivity index (χ4v) is 5.22. The van der Waals surface area contributed by atoms with Crippen molar-refractivity contribution in [1.82, 2.24) is 4.90 Å². The number of hydrogen-bond acceptors (Lipinski definition) is 4. The number of hydrogen-bond donors (Lipinski definition) is 2. The van der Waals surface area contributed by atoms with Crippen molar-refractivity contribution in [3.63, 3.8) is 0 Å². The molecule has 1 aliphatic heterocycles. The molecule has 1 aliphatic carbocycles. The van der Waals surface area contributed by atoms with E-state index < -0.39 is 0 Å². The van der Waals surface area contributed by atoms with Crippen LogP contribution in [0.2, 0.25) is 0 Å². The summed E-state index contributed by atoms with van der Waals surface area (Å²) in [7, 11) is 0. The summed E-state index contributed by atoms with van der Waals surface area (Å²) < 4.78 is 0. The van der Waals surface area contributed by atoms with E-state index in [1.165, 1.54) is 12.8 Å². The zero-order chi connectivity index (χ0) is 27.3. The number of nitrogens with one attached hydrogen (secondary N) is 1. The predicted octanol–water partition coefficient (Wildman–Crippen LogP) is 6.05. The lowest BCUT2D eigenvalue weighted by atomic mass is 9.92. The van der Waals surface area contributed by atoms with Crippen LogP contribution in [-0.2, 0) is 16.1 Å². The summed E-state index contributed by atoms with van der Waals surface area (Å²) in [6.07, 6.45) is 5.62. The number of piperidine rings is 1. The third-order valence-electron chi connectivity index (χ3n) is 7.59. The maximum absolute atomic E-state index is 13.0. The fraction of sp³-hybridized carbons (Fsp3) is 0.562. The Morgan fingerprint density at radius 1 is 1.03 bits per heavy atom. The first-order chi connectivity index (χ1) is 18.1. The zero-order valence-electron chi connectivity index (χ0n) is 23.8. The highest BCUT2D eigenvalue weighted by molar-refractivity contribution is 5.96. The standard InChI is InChI=1S/C32H46N4O2/c1-23-13-17-35(18-14-23)29-12-11-27(20-28(29)34-30(37)21-32(2,3)4)26-8-5-7-24(19-26)22-36(16-6-15-33)31(38)25-9-10-25/h5,7-8,11-12,19-20,23,25H,6,9-10,13-18,21-22,33H2,1-4H3,(H,34,37). The van der Waals surface area contributed by atoms with Gasteiger partial charge in [-0.15, -0.1) is 0 Å². The third kappa shape index (κ3) is 7.83. The molecule has 2 fully saturated rings. The average Bonchev–Trinajstić information content (AvgIpc) is 3.71. The Bertz CT molecular complexity index is 1110. The van der Waals surface area contributed by atoms with Crippen molar-refractivity contribution in [3.05, 3.63) is 48.0 Å². The van der Waals surface area contributed by atoms with Crippen LogP contribution in [0.5, 0.6) is 0 Å². The second-order valence-corrected chi connectivity index (χ2v) is 12.6. The van der Waals surface area contributed by atoms with Crippen LogP contribution >= 0.6 is 0 Å². The number of nitrogens with two attached hydrogens (primary N) is 1. The number of carbonyl (C=O) groups is 2. The van der Waals surface area contributed by atoms with Gasteiger partial charge in [0, 0.05) is 38.5 Å². The average molecular weight is 519 g/mol. The molecule has 0 atom stereocenters. The van der Waals surface area contributed by atoms with Gasteiger partial charge >= 0.3 is 0 Å². The Hall–Kier alpha value is -2.86. The van der Waals surface area contributed by atoms with Crippen LogP contribution in [0.4, 0.5) is 11.4 Å². The van der Waals surface area contributed by atoms with E-state index in [-0.39, 0.29) is 23.1 Å². The van der Waals surface area contributed by atoms with Gasteiger partial charge in [0.15, 0.2) is 0 Å². The molecular weight excluding hydrogens is 472 g/mol. The molecule has 38 heavy (non-hydrogen) atoms. The Morgan fingerprint density at radius 3 is 2.39 bits per heavy atom. The van der Waals surface area contributed by atoms with Crippen molar-refractivity contribution in [2.24, 2.45) is 23.0 Å². The summed E-state index contributed by atoms with van der Waals surface area (Å²) in [5, 5.41) is 3.24. The minimum Gasteiger partial charge on any atom is -0.370 e. The van der Waals surface area contributed by atoms with Crippen LogP contribution in [0, 0.1) is 17.3 Å². The highest BCUT2D eigenvalue weighted by Crippen LogP contribution is 2.35. The van der Waals surface area contributed by atoms with Crippen molar-refractivity contribution < 1.29 is 9.59 Å². The zero-order valence-corrected chi connectivity index (χ0v) is 23.8. The molecule has 4 rings (SSSR count). The predicted molar refractivity (Wildman–Crippen MR) is 157 cm³/mol. The van der Waals surface area contributed by atoms with Gasteiger partial charge in [-0.1, -0.05) is 52.0 Å². The van der Waals surface area contributed by atoms with E-state index in [1.807, 2.05) is 4.90 Å². The van der Waals surface area contributed by atoms with Crippen molar-refractivity contribution in [3.8, 4) is 11.1 Å². The van der Waals surface area contributed by atoms with E-state index in [1.54, 1.807) is 0 Å². The molecule has 6 nitrogen and oxygen atoms in total. The minimum atomic E-state index is -0.0789. The van der Waals surface area contributed by atoms with E-state index in [2.05, 4.69) is 80.4 Å². The molecule has 0 aromatic heterocycles. The molecule has 0 unspecified atom stereocenters. The summed E-state index contributed by atoms with van der Waals surface area (Å²) >= 11 is 0. The maximum atomic E-state index is 13.0. The molecule has 0 spiro atoms. The third-order valence-corrected chi connectivity index (χ3v) is 7.59. The van der Waals surface area contributed by atoms with E-state index in [9.17, 15) is 9.59 Å². The maximum Gasteiger partial charge on any atom is 0.225 e. The van der Waals surface area contributed by atoms with Gasteiger partial charge in [0.05, 0.1) is 11.4 Å². The summed E-state index contributed by atoms with van der Waals surface area (Å²) in [5.41, 5.74) is 10.9. The minimum absolute atomic E-state index is 0.0455. The molecule has 206 valence electrons. The molecule has 0 radical (unpaired) electrons. The fourth-order valence-electron chi connectivity index (χ4n) is 5.22. The normalized spacial score (nSPS) is 16.4. The Morgan fingerprint density at radius 2 is 1.74 bits per heavy atom. The molecule has 3 N–H and O–H groups in total. The molecule has 1 saturated heterocycles. The van der Waals surface area contributed by atoms with E-state index in [4.69, 9.17) is 5.73 Å². The summed E-state index contributed by atoms with van der Waals surface area (Å²) in [6.45, 7) is 12.5. The Labute approximate surface area is 229 Å². The van der Waals surface area contributed by atoms with Crippen molar-refractivity contribution in [1.29, 1.82) is 0 Å². The molecule has 0 bridgehead atoms. The SMILES string of the molecule is CC1CCN(c2ccc(-c3cccc(CN(CCCN)C(=O)C4CC4)c3)cc2NC(=O)CC(C)(C)C)CC1. The highest BCUT2D eigenvalue weighted by atomic mass is 16.2. The molecule has 1 heterocycles. The van der Waals surface area contributed by atoms with Crippen LogP contribution in [0.1, 0.15) is 71.8 Å². The first-order valence-corrected chi connectivity index (χ1v) is 14.4. The van der Waals surface area contributed by atoms with E-state index in [0.29, 0.717) is 26.1 Å². The van der Waals surface area contributed by atoms with Crippen LogP contribution in [0.25, 0.3) is 11.1 Å². The van der Waals surface area contributed by atoms with Gasteiger partial charge in [-0.05, 0) is 84.9 Å². The molecule has 6 heteroatoms. The Kier molecular flexibility index (Phi) is 9.14. The summed E-state index contributed by atoms with van der Waals surface area (Å²) in [4.78, 5) is 30.2. The first-order valence-electron chi connectivity index (χ1n) is 14.4. The summed E-state index contributed by atoms with van der Waals surface area (Å²) in [5.74, 6) is 1.24. The second-order valence-electron chi connectivity index (χ2n) is 12.6. The van der Waals surface area contributed by atoms with E-state index in [0.717, 1.165) is 66.3 Å². The van der Waals surface area contributed by atoms with Gasteiger partial charge in [-0.25, -0.2) is 0 Å². The van der Waals surface area contributed by atoms with Crippen LogP contribution in [0.3, 0.4) is 0 Å². The van der Waals surface area contributed by atoms with Gasteiger partial charge in [-0.2, -0.15) is 0 Å². The highest BCUT2D eigenvalue weighted by Gasteiger charge is 2.33. The second kappa shape index (κ2) is 12.3. The topological polar surface area (TPSA) is 78.7 Å². The van der Waals surface area contributed by atoms with Crippen molar-refractivity contribution >= 4 is 23.2 Å². The molecular formula is C32H46N4O2. The number of amides is 2. The lowest BCUT2D eigenvalue weighted by molar-refractivity contribution is -0.133. The summed E-state index contributed by atoms with van der Waals surface area (Å²) in [6, 6.07) is 14.9. The Balaban J connectivity index is 1.59. The molecule has 2 aliphatic rings. The molecule has 2 aromatic carbocycles. The van der Waals surface area contributed by atoms with Crippen LogP contribution in [0.15, 0.2) is 42.5 Å². The number of carbonyl (C=O) groups excluding carboxylic acids is 2. The molecule has 2 aromatic rings. The van der Waals surface area contributed by atoms with Gasteiger partial charge in [0.1, 0.15) is 0 Å².